The molecule has 0 bridgehead atoms. The van der Waals surface area contributed by atoms with E-state index in [4.69, 9.17) is 0 Å². The van der Waals surface area contributed by atoms with Crippen molar-refractivity contribution in [3.05, 3.63) is 86.7 Å². The highest BCUT2D eigenvalue weighted by molar-refractivity contribution is 7.98. The summed E-state index contributed by atoms with van der Waals surface area (Å²) in [5, 5.41) is 3.18. The van der Waals surface area contributed by atoms with Crippen LogP contribution in [0.3, 0.4) is 0 Å². The van der Waals surface area contributed by atoms with Gasteiger partial charge in [-0.15, -0.1) is 0 Å². The molecule has 0 fully saturated rings. The fraction of sp³-hybridized carbons (Fsp3) is 0.227. The van der Waals surface area contributed by atoms with Gasteiger partial charge in [-0.3, -0.25) is 9.59 Å². The molecule has 154 valence electrons. The molecule has 30 heavy (non-hydrogen) atoms. The van der Waals surface area contributed by atoms with Gasteiger partial charge in [0.1, 0.15) is 17.5 Å². The highest BCUT2D eigenvalue weighted by Gasteiger charge is 2.32. The first-order chi connectivity index (χ1) is 14.3. The van der Waals surface area contributed by atoms with E-state index in [1.807, 2.05) is 31.2 Å². The van der Waals surface area contributed by atoms with Crippen LogP contribution < -0.4 is 10.9 Å². The maximum atomic E-state index is 13.8. The molecule has 0 radical (unpaired) electrons. The van der Waals surface area contributed by atoms with Crippen molar-refractivity contribution in [2.24, 2.45) is 7.05 Å². The minimum atomic E-state index is -0.763. The van der Waals surface area contributed by atoms with Crippen molar-refractivity contribution in [2.75, 3.05) is 5.32 Å². The van der Waals surface area contributed by atoms with Gasteiger partial charge in [0.15, 0.2) is 5.16 Å². The van der Waals surface area contributed by atoms with Gasteiger partial charge < -0.3 is 9.88 Å². The number of benzene rings is 2. The Morgan fingerprint density at radius 1 is 1.17 bits per heavy atom. The molecule has 0 saturated heterocycles. The number of aromatic nitrogens is 2. The monoisotopic (exact) mass is 427 g/mol. The normalized spacial score (nSPS) is 15.6. The molecule has 8 heteroatoms. The predicted molar refractivity (Wildman–Crippen MR) is 112 cm³/mol. The summed E-state index contributed by atoms with van der Waals surface area (Å²) in [5.41, 5.74) is 2.22. The lowest BCUT2D eigenvalue weighted by atomic mass is 9.86. The summed E-state index contributed by atoms with van der Waals surface area (Å²) in [5.74, 6) is -1.68. The second kappa shape index (κ2) is 8.02. The van der Waals surface area contributed by atoms with E-state index < -0.39 is 23.1 Å². The Labute approximate surface area is 176 Å². The molecule has 1 aromatic heterocycles. The molecule has 1 aliphatic rings. The lowest BCUT2D eigenvalue weighted by Crippen LogP contribution is -2.33. The van der Waals surface area contributed by atoms with Crippen molar-refractivity contribution in [2.45, 2.75) is 30.2 Å². The molecule has 5 nitrogen and oxygen atoms in total. The van der Waals surface area contributed by atoms with Crippen LogP contribution in [0.25, 0.3) is 0 Å². The molecule has 1 N–H and O–H groups in total. The third-order valence-electron chi connectivity index (χ3n) is 5.21. The van der Waals surface area contributed by atoms with E-state index in [2.05, 4.69) is 10.3 Å². The van der Waals surface area contributed by atoms with Gasteiger partial charge >= 0.3 is 0 Å². The van der Waals surface area contributed by atoms with Crippen molar-refractivity contribution < 1.29 is 13.6 Å². The van der Waals surface area contributed by atoms with Crippen LogP contribution in [0.1, 0.15) is 34.6 Å². The number of aryl methyl sites for hydroxylation is 1. The van der Waals surface area contributed by atoms with Crippen molar-refractivity contribution >= 4 is 23.5 Å². The standard InChI is InChI=1S/C22H19F2N3O2S/c1-12-5-3-4-6-13(12)11-30-22-26-21(29)19-17(10-18(28)25-20(19)27(22)2)14-7-15(23)9-16(24)8-14/h3-9,17H,10-11H2,1-2H3,(H,25,28)/t17-/m0/s1. The first-order valence-corrected chi connectivity index (χ1v) is 10.4. The molecule has 1 amide bonds. The first kappa shape index (κ1) is 20.3. The Bertz CT molecular complexity index is 1190. The first-order valence-electron chi connectivity index (χ1n) is 9.37. The molecule has 0 spiro atoms. The van der Waals surface area contributed by atoms with E-state index in [1.165, 1.54) is 11.8 Å². The number of amides is 1. The van der Waals surface area contributed by atoms with E-state index in [9.17, 15) is 18.4 Å². The average molecular weight is 427 g/mol. The summed E-state index contributed by atoms with van der Waals surface area (Å²) in [6.45, 7) is 2.01. The third kappa shape index (κ3) is 3.87. The Balaban J connectivity index is 1.75. The van der Waals surface area contributed by atoms with E-state index in [-0.39, 0.29) is 23.5 Å². The van der Waals surface area contributed by atoms with Gasteiger partial charge in [-0.2, -0.15) is 4.98 Å². The largest absolute Gasteiger partial charge is 0.312 e. The van der Waals surface area contributed by atoms with Gasteiger partial charge in [0.05, 0.1) is 5.56 Å². The molecule has 4 rings (SSSR count). The van der Waals surface area contributed by atoms with Gasteiger partial charge in [-0.25, -0.2) is 8.78 Å². The number of carbonyl (C=O) groups is 1. The summed E-state index contributed by atoms with van der Waals surface area (Å²) in [4.78, 5) is 29.4. The van der Waals surface area contributed by atoms with Crippen LogP contribution in [0.4, 0.5) is 14.6 Å². The van der Waals surface area contributed by atoms with Crippen LogP contribution in [-0.4, -0.2) is 15.5 Å². The fourth-order valence-electron chi connectivity index (χ4n) is 3.64. The van der Waals surface area contributed by atoms with E-state index in [0.29, 0.717) is 16.7 Å². The number of halogens is 2. The Morgan fingerprint density at radius 2 is 1.87 bits per heavy atom. The molecule has 0 unspecified atom stereocenters. The van der Waals surface area contributed by atoms with Crippen LogP contribution in [0, 0.1) is 18.6 Å². The van der Waals surface area contributed by atoms with Gasteiger partial charge in [-0.05, 0) is 35.7 Å². The predicted octanol–water partition coefficient (Wildman–Crippen LogP) is 4.13. The number of hydrogen-bond donors (Lipinski definition) is 1. The molecule has 2 heterocycles. The molecule has 1 atom stereocenters. The highest BCUT2D eigenvalue weighted by Crippen LogP contribution is 2.36. The summed E-state index contributed by atoms with van der Waals surface area (Å²) >= 11 is 1.39. The topological polar surface area (TPSA) is 64.0 Å². The molecule has 1 aliphatic heterocycles. The number of rotatable bonds is 4. The number of nitrogens with one attached hydrogen (secondary N) is 1. The number of thioether (sulfide) groups is 1. The summed E-state index contributed by atoms with van der Waals surface area (Å²) in [7, 11) is 1.71. The molecule has 0 saturated carbocycles. The SMILES string of the molecule is Cc1ccccc1CSc1nc(=O)c2c(n1C)NC(=O)C[C@H]2c1cc(F)cc(F)c1. The van der Waals surface area contributed by atoms with Crippen LogP contribution >= 0.6 is 11.8 Å². The van der Waals surface area contributed by atoms with Gasteiger partial charge in [0.2, 0.25) is 5.91 Å². The van der Waals surface area contributed by atoms with Crippen LogP contribution in [0.5, 0.6) is 0 Å². The molecular weight excluding hydrogens is 408 g/mol. The van der Waals surface area contributed by atoms with Crippen molar-refractivity contribution in [1.29, 1.82) is 0 Å². The number of hydrogen-bond acceptors (Lipinski definition) is 4. The minimum Gasteiger partial charge on any atom is -0.312 e. The second-order valence-corrected chi connectivity index (χ2v) is 8.19. The summed E-state index contributed by atoms with van der Waals surface area (Å²) < 4.78 is 29.2. The van der Waals surface area contributed by atoms with E-state index >= 15 is 0 Å². The van der Waals surface area contributed by atoms with Crippen LogP contribution in [0.2, 0.25) is 0 Å². The highest BCUT2D eigenvalue weighted by atomic mass is 32.2. The molecular formula is C22H19F2N3O2S. The van der Waals surface area contributed by atoms with Crippen LogP contribution in [-0.2, 0) is 17.6 Å². The quantitative estimate of drug-likeness (QED) is 0.502. The summed E-state index contributed by atoms with van der Waals surface area (Å²) in [6.07, 6.45) is -0.0808. The third-order valence-corrected chi connectivity index (χ3v) is 6.28. The Kier molecular flexibility index (Phi) is 5.42. The van der Waals surface area contributed by atoms with E-state index in [0.717, 1.165) is 29.3 Å². The maximum absolute atomic E-state index is 13.8. The lowest BCUT2D eigenvalue weighted by Gasteiger charge is -2.27. The number of carbonyl (C=O) groups excluding carboxylic acids is 1. The van der Waals surface area contributed by atoms with Gasteiger partial charge in [-0.1, -0.05) is 36.0 Å². The van der Waals surface area contributed by atoms with Crippen molar-refractivity contribution in [3.63, 3.8) is 0 Å². The van der Waals surface area contributed by atoms with Gasteiger partial charge in [0.25, 0.3) is 5.56 Å². The zero-order valence-corrected chi connectivity index (χ0v) is 17.2. The number of nitrogens with zero attached hydrogens (tertiary/aromatic N) is 2. The molecule has 2 aromatic carbocycles. The van der Waals surface area contributed by atoms with E-state index in [1.54, 1.807) is 11.6 Å². The fourth-order valence-corrected chi connectivity index (χ4v) is 4.68. The second-order valence-electron chi connectivity index (χ2n) is 7.24. The lowest BCUT2D eigenvalue weighted by molar-refractivity contribution is -0.116. The maximum Gasteiger partial charge on any atom is 0.279 e. The Hall–Kier alpha value is -3.00. The van der Waals surface area contributed by atoms with Crippen molar-refractivity contribution in [3.8, 4) is 0 Å². The zero-order chi connectivity index (χ0) is 21.4. The zero-order valence-electron chi connectivity index (χ0n) is 16.4. The number of fused-ring (bicyclic) bond motifs is 1. The Morgan fingerprint density at radius 3 is 2.57 bits per heavy atom. The molecule has 0 aliphatic carbocycles. The van der Waals surface area contributed by atoms with Crippen LogP contribution in [0.15, 0.2) is 52.4 Å². The summed E-state index contributed by atoms with van der Waals surface area (Å²) in [6, 6.07) is 11.0. The molecule has 3 aromatic rings. The average Bonchev–Trinajstić information content (AvgIpc) is 2.69. The number of anilines is 1. The minimum absolute atomic E-state index is 0.0808. The van der Waals surface area contributed by atoms with Gasteiger partial charge in [0, 0.05) is 31.2 Å². The van der Waals surface area contributed by atoms with Crippen molar-refractivity contribution in [1.82, 2.24) is 9.55 Å². The smallest absolute Gasteiger partial charge is 0.279 e.